The summed E-state index contributed by atoms with van der Waals surface area (Å²) in [6.45, 7) is 4.74. The van der Waals surface area contributed by atoms with Crippen LogP contribution in [0.15, 0.2) is 36.5 Å². The lowest BCUT2D eigenvalue weighted by molar-refractivity contribution is -0.870. The topological polar surface area (TPSA) is 105 Å². The van der Waals surface area contributed by atoms with E-state index in [1.54, 1.807) is 6.08 Å². The van der Waals surface area contributed by atoms with Gasteiger partial charge in [-0.15, -0.1) is 0 Å². The van der Waals surface area contributed by atoms with Gasteiger partial charge in [-0.05, 0) is 57.8 Å². The van der Waals surface area contributed by atoms with Crippen LogP contribution in [0.4, 0.5) is 0 Å². The summed E-state index contributed by atoms with van der Waals surface area (Å²) in [5, 5.41) is 13.7. The van der Waals surface area contributed by atoms with Gasteiger partial charge in [-0.2, -0.15) is 0 Å². The van der Waals surface area contributed by atoms with Crippen molar-refractivity contribution in [1.82, 2.24) is 5.32 Å². The van der Waals surface area contributed by atoms with Crippen LogP contribution in [0.3, 0.4) is 0 Å². The number of amides is 1. The molecule has 9 heteroatoms. The van der Waals surface area contributed by atoms with Crippen LogP contribution in [0.5, 0.6) is 0 Å². The van der Waals surface area contributed by atoms with Crippen LogP contribution < -0.4 is 5.32 Å². The summed E-state index contributed by atoms with van der Waals surface area (Å²) in [6.07, 6.45) is 43.7. The highest BCUT2D eigenvalue weighted by Gasteiger charge is 2.27. The molecule has 1 amide bonds. The van der Waals surface area contributed by atoms with Crippen LogP contribution in [0.25, 0.3) is 0 Å². The van der Waals surface area contributed by atoms with Crippen molar-refractivity contribution < 1.29 is 32.9 Å². The Balaban J connectivity index is 4.31. The molecule has 0 aliphatic carbocycles. The molecule has 0 aliphatic rings. The second kappa shape index (κ2) is 36.4. The quantitative estimate of drug-likeness (QED) is 0.0249. The number of carbonyl (C=O) groups excluding carboxylic acids is 1. The zero-order valence-electron chi connectivity index (χ0n) is 35.3. The highest BCUT2D eigenvalue weighted by Crippen LogP contribution is 2.43. The SMILES string of the molecule is CCCCCC/C=C/CC/C=C/[C@@H](O)[C@H](COP(=O)(O)OCC[N+](C)(C)C)NC(=O)CCCCCCCCCCCCC/C=C/CCCCCCCC. The third-order valence-corrected chi connectivity index (χ3v) is 10.6. The largest absolute Gasteiger partial charge is 0.472 e. The minimum atomic E-state index is -4.34. The van der Waals surface area contributed by atoms with E-state index in [0.717, 1.165) is 38.5 Å². The molecule has 0 spiro atoms. The molecule has 53 heavy (non-hydrogen) atoms. The number of phosphoric acid groups is 1. The molecule has 0 rings (SSSR count). The molecule has 1 unspecified atom stereocenters. The van der Waals surface area contributed by atoms with Gasteiger partial charge in [0.05, 0.1) is 39.9 Å². The fourth-order valence-corrected chi connectivity index (χ4v) is 6.79. The van der Waals surface area contributed by atoms with Crippen molar-refractivity contribution in [3.05, 3.63) is 36.5 Å². The lowest BCUT2D eigenvalue weighted by Crippen LogP contribution is -2.45. The minimum Gasteiger partial charge on any atom is -0.387 e. The molecule has 3 atom stereocenters. The molecule has 8 nitrogen and oxygen atoms in total. The van der Waals surface area contributed by atoms with Crippen molar-refractivity contribution in [3.63, 3.8) is 0 Å². The molecule has 0 heterocycles. The second-order valence-corrected chi connectivity index (χ2v) is 17.5. The van der Waals surface area contributed by atoms with Crippen LogP contribution in [0.2, 0.25) is 0 Å². The number of likely N-dealkylation sites (N-methyl/N-ethyl adjacent to an activating group) is 1. The molecule has 0 aliphatic heterocycles. The molecule has 0 aromatic carbocycles. The van der Waals surface area contributed by atoms with E-state index in [-0.39, 0.29) is 19.1 Å². The van der Waals surface area contributed by atoms with E-state index >= 15 is 0 Å². The van der Waals surface area contributed by atoms with Gasteiger partial charge in [0.25, 0.3) is 0 Å². The molecule has 0 aromatic rings. The summed E-state index contributed by atoms with van der Waals surface area (Å²) in [7, 11) is 1.55. The van der Waals surface area contributed by atoms with Gasteiger partial charge in [0.2, 0.25) is 5.91 Å². The van der Waals surface area contributed by atoms with E-state index < -0.39 is 20.0 Å². The Hall–Kier alpha value is -1.28. The molecule has 0 aromatic heterocycles. The van der Waals surface area contributed by atoms with Crippen LogP contribution in [0.1, 0.15) is 187 Å². The number of carbonyl (C=O) groups is 1. The highest BCUT2D eigenvalue weighted by atomic mass is 31.2. The van der Waals surface area contributed by atoms with E-state index in [0.29, 0.717) is 17.4 Å². The summed E-state index contributed by atoms with van der Waals surface area (Å²) >= 11 is 0. The van der Waals surface area contributed by atoms with E-state index in [9.17, 15) is 19.4 Å². The van der Waals surface area contributed by atoms with Gasteiger partial charge >= 0.3 is 7.82 Å². The molecule has 312 valence electrons. The number of aliphatic hydroxyl groups excluding tert-OH is 1. The Morgan fingerprint density at radius 3 is 1.53 bits per heavy atom. The summed E-state index contributed by atoms with van der Waals surface area (Å²) < 4.78 is 23.5. The summed E-state index contributed by atoms with van der Waals surface area (Å²) in [6, 6.07) is -0.860. The first kappa shape index (κ1) is 51.7. The summed E-state index contributed by atoms with van der Waals surface area (Å²) in [5.41, 5.74) is 0. The third kappa shape index (κ3) is 38.8. The first-order valence-corrected chi connectivity index (χ1v) is 23.4. The number of unbranched alkanes of at least 4 members (excludes halogenated alkanes) is 22. The molecular weight excluding hydrogens is 683 g/mol. The van der Waals surface area contributed by atoms with Crippen LogP contribution >= 0.6 is 7.82 Å². The van der Waals surface area contributed by atoms with E-state index in [1.807, 2.05) is 27.2 Å². The van der Waals surface area contributed by atoms with Crippen molar-refractivity contribution in [3.8, 4) is 0 Å². The Kier molecular flexibility index (Phi) is 35.5. The molecule has 0 saturated carbocycles. The van der Waals surface area contributed by atoms with Crippen LogP contribution in [-0.2, 0) is 18.4 Å². The van der Waals surface area contributed by atoms with Crippen LogP contribution in [0, 0.1) is 0 Å². The Morgan fingerprint density at radius 1 is 0.623 bits per heavy atom. The molecule has 0 fully saturated rings. The second-order valence-electron chi connectivity index (χ2n) is 16.1. The normalized spacial score (nSPS) is 14.8. The third-order valence-electron chi connectivity index (χ3n) is 9.58. The lowest BCUT2D eigenvalue weighted by Gasteiger charge is -2.25. The highest BCUT2D eigenvalue weighted by molar-refractivity contribution is 7.47. The van der Waals surface area contributed by atoms with Crippen LogP contribution in [-0.4, -0.2) is 73.4 Å². The van der Waals surface area contributed by atoms with Gasteiger partial charge in [-0.1, -0.05) is 159 Å². The summed E-state index contributed by atoms with van der Waals surface area (Å²) in [4.78, 5) is 23.0. The average Bonchev–Trinajstić information content (AvgIpc) is 3.10. The number of nitrogens with zero attached hydrogens (tertiary/aromatic N) is 1. The Labute approximate surface area is 327 Å². The fourth-order valence-electron chi connectivity index (χ4n) is 6.05. The maximum absolute atomic E-state index is 12.8. The van der Waals surface area contributed by atoms with Gasteiger partial charge < -0.3 is 19.8 Å². The predicted octanol–water partition coefficient (Wildman–Crippen LogP) is 11.9. The number of phosphoric ester groups is 1. The average molecular weight is 770 g/mol. The van der Waals surface area contributed by atoms with E-state index in [2.05, 4.69) is 43.5 Å². The number of hydrogen-bond donors (Lipinski definition) is 3. The minimum absolute atomic E-state index is 0.0559. The summed E-state index contributed by atoms with van der Waals surface area (Å²) in [5.74, 6) is -0.191. The fraction of sp³-hybridized carbons (Fsp3) is 0.841. The number of rotatable bonds is 39. The van der Waals surface area contributed by atoms with Crippen molar-refractivity contribution in [2.75, 3.05) is 40.9 Å². The van der Waals surface area contributed by atoms with Crippen molar-refractivity contribution >= 4 is 13.7 Å². The standard InChI is InChI=1S/C44H85N2O6P/c1-6-8-10-12-14-16-18-19-20-21-22-23-24-25-26-27-28-30-32-34-36-38-44(48)45-42(41-52-53(49,50)51-40-39-46(3,4)5)43(47)37-35-33-31-29-17-15-13-11-9-7-2/h17,19-20,29,35,37,42-43,47H,6-16,18,21-28,30-34,36,38-41H2,1-5H3,(H-,45,48,49,50)/p+1/b20-19+,29-17+,37-35+/t42-,43+/m0/s1. The Bertz CT molecular complexity index is 964. The van der Waals surface area contributed by atoms with Gasteiger partial charge in [0.1, 0.15) is 13.2 Å². The first-order valence-electron chi connectivity index (χ1n) is 21.9. The smallest absolute Gasteiger partial charge is 0.387 e. The van der Waals surface area contributed by atoms with Gasteiger partial charge in [0.15, 0.2) is 0 Å². The van der Waals surface area contributed by atoms with Gasteiger partial charge in [-0.3, -0.25) is 13.8 Å². The lowest BCUT2D eigenvalue weighted by atomic mass is 10.0. The number of nitrogens with one attached hydrogen (secondary N) is 1. The number of quaternary nitrogens is 1. The molecule has 3 N–H and O–H groups in total. The first-order chi connectivity index (χ1) is 25.5. The van der Waals surface area contributed by atoms with Crippen molar-refractivity contribution in [1.29, 1.82) is 0 Å². The van der Waals surface area contributed by atoms with E-state index in [1.165, 1.54) is 128 Å². The number of allylic oxidation sites excluding steroid dienone is 5. The zero-order chi connectivity index (χ0) is 39.3. The molecule has 0 saturated heterocycles. The molecular formula is C44H86N2O6P+. The van der Waals surface area contributed by atoms with Crippen molar-refractivity contribution in [2.45, 2.75) is 199 Å². The van der Waals surface area contributed by atoms with Gasteiger partial charge in [0, 0.05) is 6.42 Å². The van der Waals surface area contributed by atoms with Crippen molar-refractivity contribution in [2.24, 2.45) is 0 Å². The predicted molar refractivity (Wildman–Crippen MR) is 226 cm³/mol. The maximum Gasteiger partial charge on any atom is 0.472 e. The number of aliphatic hydroxyl groups is 1. The molecule has 0 radical (unpaired) electrons. The maximum atomic E-state index is 12.8. The monoisotopic (exact) mass is 770 g/mol. The Morgan fingerprint density at radius 2 is 1.04 bits per heavy atom. The zero-order valence-corrected chi connectivity index (χ0v) is 36.1. The molecule has 0 bridgehead atoms. The van der Waals surface area contributed by atoms with E-state index in [4.69, 9.17) is 9.05 Å². The number of hydrogen-bond acceptors (Lipinski definition) is 5. The van der Waals surface area contributed by atoms with Gasteiger partial charge in [-0.25, -0.2) is 4.57 Å².